The van der Waals surface area contributed by atoms with Crippen LogP contribution in [0.4, 0.5) is 5.00 Å². The van der Waals surface area contributed by atoms with Crippen molar-refractivity contribution in [2.24, 2.45) is 16.9 Å². The first-order chi connectivity index (χ1) is 8.69. The van der Waals surface area contributed by atoms with E-state index in [2.05, 4.69) is 26.1 Å². The van der Waals surface area contributed by atoms with E-state index in [0.29, 0.717) is 10.6 Å². The number of nitrogens with one attached hydrogen (secondary N) is 1. The SMILES string of the molecule is CC(C)(C)CC(N)CC(=O)Nc1sccc1C(N)=O. The van der Waals surface area contributed by atoms with Gasteiger partial charge in [-0.1, -0.05) is 20.8 Å². The third-order valence-electron chi connectivity index (χ3n) is 2.51. The number of hydrogen-bond donors (Lipinski definition) is 3. The van der Waals surface area contributed by atoms with Crippen molar-refractivity contribution in [3.05, 3.63) is 17.0 Å². The van der Waals surface area contributed by atoms with Gasteiger partial charge in [0.25, 0.3) is 5.91 Å². The van der Waals surface area contributed by atoms with Crippen LogP contribution < -0.4 is 16.8 Å². The smallest absolute Gasteiger partial charge is 0.251 e. The molecule has 6 heteroatoms. The van der Waals surface area contributed by atoms with Crippen molar-refractivity contribution >= 4 is 28.2 Å². The van der Waals surface area contributed by atoms with Crippen molar-refractivity contribution < 1.29 is 9.59 Å². The van der Waals surface area contributed by atoms with Crippen LogP contribution in [0.2, 0.25) is 0 Å². The van der Waals surface area contributed by atoms with E-state index in [1.807, 2.05) is 0 Å². The third kappa shape index (κ3) is 5.40. The highest BCUT2D eigenvalue weighted by Gasteiger charge is 2.19. The van der Waals surface area contributed by atoms with E-state index in [-0.39, 0.29) is 23.8 Å². The average Bonchev–Trinajstić information content (AvgIpc) is 2.61. The molecule has 0 aliphatic carbocycles. The number of carbonyl (C=O) groups is 2. The van der Waals surface area contributed by atoms with Crippen molar-refractivity contribution in [3.8, 4) is 0 Å². The lowest BCUT2D eigenvalue weighted by atomic mass is 9.87. The highest BCUT2D eigenvalue weighted by atomic mass is 32.1. The molecule has 0 bridgehead atoms. The van der Waals surface area contributed by atoms with E-state index < -0.39 is 5.91 Å². The predicted molar refractivity (Wildman–Crippen MR) is 78.1 cm³/mol. The Labute approximate surface area is 117 Å². The van der Waals surface area contributed by atoms with Crippen molar-refractivity contribution in [1.29, 1.82) is 0 Å². The van der Waals surface area contributed by atoms with Gasteiger partial charge in [0, 0.05) is 12.5 Å². The number of nitrogens with two attached hydrogens (primary N) is 2. The Bertz CT molecular complexity index is 463. The maximum absolute atomic E-state index is 11.8. The average molecular weight is 283 g/mol. The molecule has 5 nitrogen and oxygen atoms in total. The van der Waals surface area contributed by atoms with Crippen molar-refractivity contribution in [2.45, 2.75) is 39.7 Å². The molecule has 1 aromatic heterocycles. The summed E-state index contributed by atoms with van der Waals surface area (Å²) in [5.74, 6) is -0.739. The molecule has 0 aliphatic rings. The van der Waals surface area contributed by atoms with Gasteiger partial charge in [0.2, 0.25) is 5.91 Å². The number of amides is 2. The Morgan fingerprint density at radius 1 is 1.42 bits per heavy atom. The van der Waals surface area contributed by atoms with Crippen LogP contribution in [0.25, 0.3) is 0 Å². The van der Waals surface area contributed by atoms with Gasteiger partial charge in [-0.3, -0.25) is 9.59 Å². The molecule has 0 spiro atoms. The molecule has 1 unspecified atom stereocenters. The van der Waals surface area contributed by atoms with E-state index >= 15 is 0 Å². The molecule has 0 radical (unpaired) electrons. The summed E-state index contributed by atoms with van der Waals surface area (Å²) < 4.78 is 0. The van der Waals surface area contributed by atoms with Gasteiger partial charge in [-0.25, -0.2) is 0 Å². The molecule has 1 aromatic rings. The van der Waals surface area contributed by atoms with Crippen molar-refractivity contribution in [2.75, 3.05) is 5.32 Å². The Hall–Kier alpha value is -1.40. The molecule has 0 saturated carbocycles. The van der Waals surface area contributed by atoms with Crippen LogP contribution in [0, 0.1) is 5.41 Å². The summed E-state index contributed by atoms with van der Waals surface area (Å²) in [5, 5.41) is 4.89. The fourth-order valence-corrected chi connectivity index (χ4v) is 2.68. The molecule has 19 heavy (non-hydrogen) atoms. The normalized spacial score (nSPS) is 13.1. The van der Waals surface area contributed by atoms with Gasteiger partial charge in [-0.15, -0.1) is 11.3 Å². The fraction of sp³-hybridized carbons (Fsp3) is 0.538. The summed E-state index contributed by atoms with van der Waals surface area (Å²) in [4.78, 5) is 23.0. The van der Waals surface area contributed by atoms with Gasteiger partial charge in [0.1, 0.15) is 5.00 Å². The standard InChI is InChI=1S/C13H21N3O2S/c1-13(2,3)7-8(14)6-10(17)16-12-9(11(15)18)4-5-19-12/h4-5,8H,6-7,14H2,1-3H3,(H2,15,18)(H,16,17). The van der Waals surface area contributed by atoms with E-state index in [1.165, 1.54) is 11.3 Å². The molecule has 1 rings (SSSR count). The highest BCUT2D eigenvalue weighted by Crippen LogP contribution is 2.24. The van der Waals surface area contributed by atoms with Gasteiger partial charge >= 0.3 is 0 Å². The number of primary amides is 1. The summed E-state index contributed by atoms with van der Waals surface area (Å²) in [6, 6.07) is 1.40. The van der Waals surface area contributed by atoms with Crippen LogP contribution in [0.15, 0.2) is 11.4 Å². The third-order valence-corrected chi connectivity index (χ3v) is 3.34. The van der Waals surface area contributed by atoms with E-state index in [1.54, 1.807) is 11.4 Å². The van der Waals surface area contributed by atoms with E-state index in [4.69, 9.17) is 11.5 Å². The second-order valence-electron chi connectivity index (χ2n) is 5.80. The molecule has 0 aliphatic heterocycles. The first-order valence-corrected chi connectivity index (χ1v) is 7.00. The first-order valence-electron chi connectivity index (χ1n) is 6.12. The highest BCUT2D eigenvalue weighted by molar-refractivity contribution is 7.14. The van der Waals surface area contributed by atoms with Crippen LogP contribution in [0.3, 0.4) is 0 Å². The summed E-state index contributed by atoms with van der Waals surface area (Å²) in [7, 11) is 0. The largest absolute Gasteiger partial charge is 0.366 e. The van der Waals surface area contributed by atoms with Gasteiger partial charge in [-0.05, 0) is 23.3 Å². The second-order valence-corrected chi connectivity index (χ2v) is 6.72. The van der Waals surface area contributed by atoms with Crippen LogP contribution >= 0.6 is 11.3 Å². The summed E-state index contributed by atoms with van der Waals surface area (Å²) >= 11 is 1.27. The van der Waals surface area contributed by atoms with E-state index in [0.717, 1.165) is 6.42 Å². The van der Waals surface area contributed by atoms with Crippen LogP contribution in [0.5, 0.6) is 0 Å². The van der Waals surface area contributed by atoms with Crippen LogP contribution in [0.1, 0.15) is 44.0 Å². The Kier molecular flexibility index (Phi) is 5.08. The van der Waals surface area contributed by atoms with Crippen LogP contribution in [-0.2, 0) is 4.79 Å². The Morgan fingerprint density at radius 2 is 2.05 bits per heavy atom. The molecule has 0 saturated heterocycles. The zero-order chi connectivity index (χ0) is 14.6. The topological polar surface area (TPSA) is 98.2 Å². The molecule has 0 aromatic carbocycles. The summed E-state index contributed by atoms with van der Waals surface area (Å²) in [6.07, 6.45) is 0.987. The summed E-state index contributed by atoms with van der Waals surface area (Å²) in [5.41, 5.74) is 11.6. The maximum Gasteiger partial charge on any atom is 0.251 e. The lowest BCUT2D eigenvalue weighted by molar-refractivity contribution is -0.116. The molecule has 1 atom stereocenters. The summed E-state index contributed by atoms with van der Waals surface area (Å²) in [6.45, 7) is 6.24. The molecule has 5 N–H and O–H groups in total. The fourth-order valence-electron chi connectivity index (χ4n) is 1.87. The second kappa shape index (κ2) is 6.16. The zero-order valence-corrected chi connectivity index (χ0v) is 12.3. The number of carbonyl (C=O) groups excluding carboxylic acids is 2. The Balaban J connectivity index is 2.56. The lowest BCUT2D eigenvalue weighted by Gasteiger charge is -2.22. The molecule has 2 amide bonds. The number of hydrogen-bond acceptors (Lipinski definition) is 4. The van der Waals surface area contributed by atoms with Crippen LogP contribution in [-0.4, -0.2) is 17.9 Å². The van der Waals surface area contributed by atoms with Crippen molar-refractivity contribution in [1.82, 2.24) is 0 Å². The van der Waals surface area contributed by atoms with E-state index in [9.17, 15) is 9.59 Å². The maximum atomic E-state index is 11.8. The molecule has 1 heterocycles. The van der Waals surface area contributed by atoms with Gasteiger partial charge in [-0.2, -0.15) is 0 Å². The quantitative estimate of drug-likeness (QED) is 0.770. The zero-order valence-electron chi connectivity index (χ0n) is 11.5. The number of thiophene rings is 1. The van der Waals surface area contributed by atoms with Gasteiger partial charge in [0.05, 0.1) is 5.56 Å². The first kappa shape index (κ1) is 15.7. The van der Waals surface area contributed by atoms with Gasteiger partial charge < -0.3 is 16.8 Å². The minimum absolute atomic E-state index is 0.0843. The Morgan fingerprint density at radius 3 is 2.58 bits per heavy atom. The molecular weight excluding hydrogens is 262 g/mol. The molecular formula is C13H21N3O2S. The number of rotatable bonds is 5. The predicted octanol–water partition coefficient (Wildman–Crippen LogP) is 1.94. The minimum atomic E-state index is -0.546. The minimum Gasteiger partial charge on any atom is -0.366 e. The molecule has 106 valence electrons. The monoisotopic (exact) mass is 283 g/mol. The number of anilines is 1. The molecule has 0 fully saturated rings. The lowest BCUT2D eigenvalue weighted by Crippen LogP contribution is -2.31. The van der Waals surface area contributed by atoms with Gasteiger partial charge in [0.15, 0.2) is 0 Å². The van der Waals surface area contributed by atoms with Crippen molar-refractivity contribution in [3.63, 3.8) is 0 Å².